The Balaban J connectivity index is 1.96. The molecule has 1 fully saturated rings. The highest BCUT2D eigenvalue weighted by molar-refractivity contribution is 9.10. The molecule has 1 atom stereocenters. The molecule has 0 amide bonds. The Morgan fingerprint density at radius 2 is 2.37 bits per heavy atom. The van der Waals surface area contributed by atoms with Crippen LogP contribution in [0.4, 0.5) is 0 Å². The molecular weight excluding hydrogens is 306 g/mol. The van der Waals surface area contributed by atoms with Crippen LogP contribution in [0.3, 0.4) is 0 Å². The smallest absolute Gasteiger partial charge is 0.313 e. The van der Waals surface area contributed by atoms with Crippen LogP contribution in [0.15, 0.2) is 28.7 Å². The number of benzene rings is 1. The summed E-state index contributed by atoms with van der Waals surface area (Å²) in [7, 11) is 0. The minimum absolute atomic E-state index is 0.0562. The average molecular weight is 326 g/mol. The van der Waals surface area contributed by atoms with Crippen molar-refractivity contribution < 1.29 is 9.53 Å². The summed E-state index contributed by atoms with van der Waals surface area (Å²) >= 11 is 3.42. The van der Waals surface area contributed by atoms with E-state index in [4.69, 9.17) is 4.74 Å². The van der Waals surface area contributed by atoms with Crippen molar-refractivity contribution in [2.24, 2.45) is 5.41 Å². The predicted molar refractivity (Wildman–Crippen MR) is 78.8 cm³/mol. The molecule has 1 aromatic rings. The maximum atomic E-state index is 12.3. The third-order valence-corrected chi connectivity index (χ3v) is 4.16. The molecule has 0 aliphatic carbocycles. The van der Waals surface area contributed by atoms with Crippen molar-refractivity contribution >= 4 is 21.9 Å². The van der Waals surface area contributed by atoms with Crippen LogP contribution in [0.2, 0.25) is 0 Å². The van der Waals surface area contributed by atoms with Gasteiger partial charge in [-0.1, -0.05) is 41.4 Å². The van der Waals surface area contributed by atoms with Crippen LogP contribution in [0.25, 0.3) is 0 Å². The number of esters is 1. The first-order chi connectivity index (χ1) is 9.16. The van der Waals surface area contributed by atoms with Crippen LogP contribution in [-0.2, 0) is 16.1 Å². The van der Waals surface area contributed by atoms with Gasteiger partial charge in [-0.2, -0.15) is 0 Å². The highest BCUT2D eigenvalue weighted by Gasteiger charge is 2.41. The molecule has 1 unspecified atom stereocenters. The van der Waals surface area contributed by atoms with E-state index < -0.39 is 0 Å². The van der Waals surface area contributed by atoms with Gasteiger partial charge in [0.25, 0.3) is 0 Å². The highest BCUT2D eigenvalue weighted by Crippen LogP contribution is 2.32. The van der Waals surface area contributed by atoms with E-state index in [0.717, 1.165) is 42.4 Å². The first-order valence-corrected chi connectivity index (χ1v) is 7.58. The molecule has 1 N–H and O–H groups in total. The standard InChI is InChI=1S/C15H20BrNO2/c1-2-6-15(7-8-17-11-15)14(18)19-10-12-4-3-5-13(16)9-12/h3-5,9,17H,2,6-8,10-11H2,1H3. The van der Waals surface area contributed by atoms with Gasteiger partial charge in [-0.25, -0.2) is 0 Å². The zero-order chi connectivity index (χ0) is 13.7. The van der Waals surface area contributed by atoms with Gasteiger partial charge in [0.15, 0.2) is 0 Å². The lowest BCUT2D eigenvalue weighted by atomic mass is 9.82. The van der Waals surface area contributed by atoms with E-state index in [1.807, 2.05) is 24.3 Å². The zero-order valence-corrected chi connectivity index (χ0v) is 12.8. The number of halogens is 1. The topological polar surface area (TPSA) is 38.3 Å². The van der Waals surface area contributed by atoms with Crippen molar-refractivity contribution in [1.82, 2.24) is 5.32 Å². The summed E-state index contributed by atoms with van der Waals surface area (Å²) in [6, 6.07) is 7.86. The summed E-state index contributed by atoms with van der Waals surface area (Å²) in [5.41, 5.74) is 0.709. The Kier molecular flexibility index (Phi) is 4.99. The zero-order valence-electron chi connectivity index (χ0n) is 11.2. The molecule has 4 heteroatoms. The number of ether oxygens (including phenoxy) is 1. The average Bonchev–Trinajstić information content (AvgIpc) is 2.86. The summed E-state index contributed by atoms with van der Waals surface area (Å²) in [5, 5.41) is 3.28. The molecular formula is C15H20BrNO2. The van der Waals surface area contributed by atoms with Gasteiger partial charge in [0, 0.05) is 11.0 Å². The van der Waals surface area contributed by atoms with Gasteiger partial charge < -0.3 is 10.1 Å². The molecule has 2 rings (SSSR count). The molecule has 0 aromatic heterocycles. The fourth-order valence-corrected chi connectivity index (χ4v) is 3.09. The molecule has 1 aliphatic rings. The monoisotopic (exact) mass is 325 g/mol. The molecule has 0 saturated carbocycles. The summed E-state index contributed by atoms with van der Waals surface area (Å²) in [6.45, 7) is 4.12. The molecule has 1 aromatic carbocycles. The van der Waals surface area contributed by atoms with Gasteiger partial charge in [-0.3, -0.25) is 4.79 Å². The van der Waals surface area contributed by atoms with Crippen molar-refractivity contribution in [3.63, 3.8) is 0 Å². The maximum absolute atomic E-state index is 12.3. The largest absolute Gasteiger partial charge is 0.460 e. The fourth-order valence-electron chi connectivity index (χ4n) is 2.64. The van der Waals surface area contributed by atoms with Crippen LogP contribution in [0, 0.1) is 5.41 Å². The Morgan fingerprint density at radius 1 is 1.53 bits per heavy atom. The number of carbonyl (C=O) groups is 1. The first kappa shape index (κ1) is 14.5. The van der Waals surface area contributed by atoms with E-state index in [1.54, 1.807) is 0 Å². The van der Waals surface area contributed by atoms with E-state index in [2.05, 4.69) is 28.2 Å². The van der Waals surface area contributed by atoms with Crippen molar-refractivity contribution in [1.29, 1.82) is 0 Å². The molecule has 19 heavy (non-hydrogen) atoms. The highest BCUT2D eigenvalue weighted by atomic mass is 79.9. The second-order valence-corrected chi connectivity index (χ2v) is 6.08. The van der Waals surface area contributed by atoms with Crippen LogP contribution in [-0.4, -0.2) is 19.1 Å². The Morgan fingerprint density at radius 3 is 3.00 bits per heavy atom. The van der Waals surface area contributed by atoms with Gasteiger partial charge >= 0.3 is 5.97 Å². The quantitative estimate of drug-likeness (QED) is 0.844. The fraction of sp³-hybridized carbons (Fsp3) is 0.533. The number of carbonyl (C=O) groups excluding carboxylic acids is 1. The Hall–Kier alpha value is -0.870. The lowest BCUT2D eigenvalue weighted by molar-refractivity contribution is -0.156. The minimum Gasteiger partial charge on any atom is -0.460 e. The number of nitrogens with one attached hydrogen (secondary N) is 1. The molecule has 104 valence electrons. The third-order valence-electron chi connectivity index (χ3n) is 3.66. The second kappa shape index (κ2) is 6.53. The molecule has 0 spiro atoms. The van der Waals surface area contributed by atoms with Gasteiger partial charge in [-0.15, -0.1) is 0 Å². The number of hydrogen-bond acceptors (Lipinski definition) is 3. The number of hydrogen-bond donors (Lipinski definition) is 1. The summed E-state index contributed by atoms with van der Waals surface area (Å²) in [5.74, 6) is -0.0562. The molecule has 1 aliphatic heterocycles. The third kappa shape index (κ3) is 3.57. The molecule has 0 bridgehead atoms. The van der Waals surface area contributed by atoms with E-state index in [9.17, 15) is 4.79 Å². The minimum atomic E-state index is -0.305. The van der Waals surface area contributed by atoms with Crippen molar-refractivity contribution in [2.45, 2.75) is 32.8 Å². The lowest BCUT2D eigenvalue weighted by Gasteiger charge is -2.25. The van der Waals surface area contributed by atoms with Crippen molar-refractivity contribution in [3.05, 3.63) is 34.3 Å². The molecule has 3 nitrogen and oxygen atoms in total. The maximum Gasteiger partial charge on any atom is 0.313 e. The predicted octanol–water partition coefficient (Wildman–Crippen LogP) is 3.27. The lowest BCUT2D eigenvalue weighted by Crippen LogP contribution is -2.35. The molecule has 1 saturated heterocycles. The van der Waals surface area contributed by atoms with Crippen LogP contribution < -0.4 is 5.32 Å². The Labute approximate surface area is 122 Å². The van der Waals surface area contributed by atoms with E-state index in [-0.39, 0.29) is 11.4 Å². The normalized spacial score (nSPS) is 22.4. The SMILES string of the molecule is CCCC1(C(=O)OCc2cccc(Br)c2)CCNC1. The summed E-state index contributed by atoms with van der Waals surface area (Å²) in [4.78, 5) is 12.3. The van der Waals surface area contributed by atoms with Crippen LogP contribution >= 0.6 is 15.9 Å². The van der Waals surface area contributed by atoms with Crippen molar-refractivity contribution in [3.8, 4) is 0 Å². The van der Waals surface area contributed by atoms with Gasteiger partial charge in [0.1, 0.15) is 6.61 Å². The van der Waals surface area contributed by atoms with Gasteiger partial charge in [0.2, 0.25) is 0 Å². The van der Waals surface area contributed by atoms with Crippen molar-refractivity contribution in [2.75, 3.05) is 13.1 Å². The van der Waals surface area contributed by atoms with E-state index in [0.29, 0.717) is 6.61 Å². The van der Waals surface area contributed by atoms with Crippen LogP contribution in [0.1, 0.15) is 31.7 Å². The summed E-state index contributed by atoms with van der Waals surface area (Å²) in [6.07, 6.45) is 2.79. The van der Waals surface area contributed by atoms with E-state index in [1.165, 1.54) is 0 Å². The second-order valence-electron chi connectivity index (χ2n) is 5.16. The molecule has 0 radical (unpaired) electrons. The molecule has 1 heterocycles. The van der Waals surface area contributed by atoms with Gasteiger partial charge in [0.05, 0.1) is 5.41 Å². The summed E-state index contributed by atoms with van der Waals surface area (Å²) < 4.78 is 6.53. The van der Waals surface area contributed by atoms with Gasteiger partial charge in [-0.05, 0) is 37.1 Å². The Bertz CT molecular complexity index is 442. The van der Waals surface area contributed by atoms with Crippen LogP contribution in [0.5, 0.6) is 0 Å². The number of rotatable bonds is 5. The first-order valence-electron chi connectivity index (χ1n) is 6.79. The van der Waals surface area contributed by atoms with E-state index >= 15 is 0 Å².